The first-order chi connectivity index (χ1) is 14.2. The average molecular weight is 415 g/mol. The number of nitrogens with zero attached hydrogens (tertiary/aromatic N) is 3. The van der Waals surface area contributed by atoms with Gasteiger partial charge in [0.15, 0.2) is 5.76 Å². The van der Waals surface area contributed by atoms with Crippen molar-refractivity contribution in [3.63, 3.8) is 0 Å². The molecule has 8 heteroatoms. The van der Waals surface area contributed by atoms with Crippen LogP contribution in [-0.2, 0) is 11.3 Å². The molecule has 0 unspecified atom stereocenters. The maximum atomic E-state index is 12.5. The van der Waals surface area contributed by atoms with E-state index in [0.29, 0.717) is 37.6 Å². The largest absolute Gasteiger partial charge is 0.444 e. The summed E-state index contributed by atoms with van der Waals surface area (Å²) in [4.78, 5) is 32.3. The minimum absolute atomic E-state index is 0.0593. The van der Waals surface area contributed by atoms with E-state index in [0.717, 1.165) is 5.56 Å². The van der Waals surface area contributed by atoms with Crippen molar-refractivity contribution >= 4 is 12.1 Å². The summed E-state index contributed by atoms with van der Waals surface area (Å²) in [6.45, 7) is 6.92. The molecule has 1 aliphatic rings. The smallest absolute Gasteiger partial charge is 0.410 e. The number of carbonyl (C=O) groups excluding carboxylic acids is 2. The van der Waals surface area contributed by atoms with Crippen LogP contribution in [0.3, 0.4) is 0 Å². The molecule has 0 bridgehead atoms. The molecule has 2 aromatic rings. The number of aromatic nitrogens is 1. The molecule has 162 valence electrons. The molecule has 1 aromatic carbocycles. The molecule has 1 aliphatic heterocycles. The highest BCUT2D eigenvalue weighted by molar-refractivity contribution is 5.74. The maximum absolute atomic E-state index is 12.5. The SMILES string of the molecule is CN(C(=O)OC(C)(C)C)C1CCN(C(=O)NCc2ncc(-c3ccccc3)o2)CC1. The van der Waals surface area contributed by atoms with Crippen LogP contribution in [0.1, 0.15) is 39.5 Å². The van der Waals surface area contributed by atoms with E-state index in [9.17, 15) is 9.59 Å². The fourth-order valence-electron chi connectivity index (χ4n) is 3.33. The van der Waals surface area contributed by atoms with E-state index in [4.69, 9.17) is 9.15 Å². The Balaban J connectivity index is 1.45. The summed E-state index contributed by atoms with van der Waals surface area (Å²) in [5.74, 6) is 1.13. The third-order valence-corrected chi connectivity index (χ3v) is 4.98. The van der Waals surface area contributed by atoms with E-state index >= 15 is 0 Å². The molecular formula is C22H30N4O4. The van der Waals surface area contributed by atoms with Crippen molar-refractivity contribution < 1.29 is 18.7 Å². The third kappa shape index (κ3) is 5.75. The molecule has 0 saturated carbocycles. The Bertz CT molecular complexity index is 852. The lowest BCUT2D eigenvalue weighted by molar-refractivity contribution is 0.0168. The van der Waals surface area contributed by atoms with Gasteiger partial charge < -0.3 is 24.3 Å². The highest BCUT2D eigenvalue weighted by Crippen LogP contribution is 2.20. The summed E-state index contributed by atoms with van der Waals surface area (Å²) in [7, 11) is 1.75. The number of oxazole rings is 1. The molecule has 0 aliphatic carbocycles. The van der Waals surface area contributed by atoms with E-state index < -0.39 is 5.60 Å². The molecule has 3 amide bonds. The Morgan fingerprint density at radius 1 is 1.23 bits per heavy atom. The summed E-state index contributed by atoms with van der Waals surface area (Å²) in [6, 6.07) is 9.60. The summed E-state index contributed by atoms with van der Waals surface area (Å²) < 4.78 is 11.1. The number of urea groups is 1. The van der Waals surface area contributed by atoms with Gasteiger partial charge >= 0.3 is 12.1 Å². The minimum atomic E-state index is -0.522. The average Bonchev–Trinajstić information content (AvgIpc) is 3.20. The molecular weight excluding hydrogens is 384 g/mol. The third-order valence-electron chi connectivity index (χ3n) is 4.98. The molecule has 30 heavy (non-hydrogen) atoms. The fourth-order valence-corrected chi connectivity index (χ4v) is 3.33. The van der Waals surface area contributed by atoms with E-state index in [2.05, 4.69) is 10.3 Å². The van der Waals surface area contributed by atoms with Crippen LogP contribution in [-0.4, -0.2) is 58.7 Å². The highest BCUT2D eigenvalue weighted by atomic mass is 16.6. The van der Waals surface area contributed by atoms with Crippen LogP contribution < -0.4 is 5.32 Å². The van der Waals surface area contributed by atoms with Gasteiger partial charge in [0.05, 0.1) is 12.7 Å². The molecule has 0 radical (unpaired) electrons. The molecule has 1 fully saturated rings. The molecule has 0 spiro atoms. The molecule has 8 nitrogen and oxygen atoms in total. The zero-order valence-corrected chi connectivity index (χ0v) is 18.1. The van der Waals surface area contributed by atoms with Crippen molar-refractivity contribution in [2.24, 2.45) is 0 Å². The summed E-state index contributed by atoms with van der Waals surface area (Å²) in [5.41, 5.74) is 0.422. The Hall–Kier alpha value is -3.03. The van der Waals surface area contributed by atoms with E-state index in [-0.39, 0.29) is 24.7 Å². The van der Waals surface area contributed by atoms with Crippen LogP contribution in [0.15, 0.2) is 40.9 Å². The number of rotatable bonds is 4. The van der Waals surface area contributed by atoms with Gasteiger partial charge in [-0.1, -0.05) is 30.3 Å². The number of hydrogen-bond acceptors (Lipinski definition) is 5. The van der Waals surface area contributed by atoms with Crippen molar-refractivity contribution in [2.75, 3.05) is 20.1 Å². The van der Waals surface area contributed by atoms with E-state index in [1.54, 1.807) is 23.0 Å². The van der Waals surface area contributed by atoms with Gasteiger partial charge in [0.2, 0.25) is 5.89 Å². The van der Waals surface area contributed by atoms with Gasteiger partial charge in [0, 0.05) is 31.7 Å². The summed E-state index contributed by atoms with van der Waals surface area (Å²) >= 11 is 0. The van der Waals surface area contributed by atoms with Crippen LogP contribution in [0, 0.1) is 0 Å². The lowest BCUT2D eigenvalue weighted by Crippen LogP contribution is -2.50. The molecule has 1 aromatic heterocycles. The van der Waals surface area contributed by atoms with Crippen molar-refractivity contribution in [2.45, 2.75) is 51.8 Å². The van der Waals surface area contributed by atoms with Gasteiger partial charge in [-0.2, -0.15) is 0 Å². The first-order valence-electron chi connectivity index (χ1n) is 10.2. The number of ether oxygens (including phenoxy) is 1. The van der Waals surface area contributed by atoms with Crippen LogP contribution in [0.5, 0.6) is 0 Å². The summed E-state index contributed by atoms with van der Waals surface area (Å²) in [6.07, 6.45) is 2.75. The standard InChI is InChI=1S/C22H30N4O4/c1-22(2,3)30-21(28)25(4)17-10-12-26(13-11-17)20(27)24-15-19-23-14-18(29-19)16-8-6-5-7-9-16/h5-9,14,17H,10-13,15H2,1-4H3,(H,24,27). The second-order valence-corrected chi connectivity index (χ2v) is 8.45. The molecule has 1 saturated heterocycles. The lowest BCUT2D eigenvalue weighted by atomic mass is 10.0. The van der Waals surface area contributed by atoms with Gasteiger partial charge in [0.1, 0.15) is 5.60 Å². The molecule has 1 N–H and O–H groups in total. The van der Waals surface area contributed by atoms with Crippen LogP contribution in [0.4, 0.5) is 9.59 Å². The predicted molar refractivity (Wildman–Crippen MR) is 113 cm³/mol. The zero-order chi connectivity index (χ0) is 21.7. The first-order valence-corrected chi connectivity index (χ1v) is 10.2. The second kappa shape index (κ2) is 9.19. The fraction of sp³-hybridized carbons (Fsp3) is 0.500. The minimum Gasteiger partial charge on any atom is -0.444 e. The number of carbonyl (C=O) groups is 2. The Labute approximate surface area is 177 Å². The van der Waals surface area contributed by atoms with E-state index in [1.807, 2.05) is 51.1 Å². The van der Waals surface area contributed by atoms with Crippen LogP contribution in [0.2, 0.25) is 0 Å². The molecule has 3 rings (SSSR count). The summed E-state index contributed by atoms with van der Waals surface area (Å²) in [5, 5.41) is 2.86. The van der Waals surface area contributed by atoms with Crippen molar-refractivity contribution in [3.8, 4) is 11.3 Å². The topological polar surface area (TPSA) is 87.9 Å². The number of piperidine rings is 1. The number of amides is 3. The number of benzene rings is 1. The molecule has 0 atom stereocenters. The van der Waals surface area contributed by atoms with Gasteiger partial charge in [-0.25, -0.2) is 14.6 Å². The first kappa shape index (κ1) is 21.7. The monoisotopic (exact) mass is 414 g/mol. The van der Waals surface area contributed by atoms with Crippen LogP contribution in [0.25, 0.3) is 11.3 Å². The lowest BCUT2D eigenvalue weighted by Gasteiger charge is -2.37. The quantitative estimate of drug-likeness (QED) is 0.820. The Morgan fingerprint density at radius 2 is 1.90 bits per heavy atom. The van der Waals surface area contributed by atoms with Crippen molar-refractivity contribution in [1.82, 2.24) is 20.1 Å². The zero-order valence-electron chi connectivity index (χ0n) is 18.1. The highest BCUT2D eigenvalue weighted by Gasteiger charge is 2.30. The van der Waals surface area contributed by atoms with Crippen molar-refractivity contribution in [1.29, 1.82) is 0 Å². The van der Waals surface area contributed by atoms with Gasteiger partial charge in [-0.15, -0.1) is 0 Å². The second-order valence-electron chi connectivity index (χ2n) is 8.45. The van der Waals surface area contributed by atoms with Gasteiger partial charge in [-0.05, 0) is 33.6 Å². The molecule has 2 heterocycles. The van der Waals surface area contributed by atoms with Gasteiger partial charge in [0.25, 0.3) is 0 Å². The maximum Gasteiger partial charge on any atom is 0.410 e. The van der Waals surface area contributed by atoms with Crippen molar-refractivity contribution in [3.05, 3.63) is 42.4 Å². The number of hydrogen-bond donors (Lipinski definition) is 1. The Morgan fingerprint density at radius 3 is 2.53 bits per heavy atom. The normalized spacial score (nSPS) is 15.0. The van der Waals surface area contributed by atoms with Crippen LogP contribution >= 0.6 is 0 Å². The Kier molecular flexibility index (Phi) is 6.64. The van der Waals surface area contributed by atoms with Gasteiger partial charge in [-0.3, -0.25) is 0 Å². The number of nitrogens with one attached hydrogen (secondary N) is 1. The van der Waals surface area contributed by atoms with E-state index in [1.165, 1.54) is 0 Å². The predicted octanol–water partition coefficient (Wildman–Crippen LogP) is 3.88. The number of likely N-dealkylation sites (tertiary alicyclic amines) is 1.